The fourth-order valence-electron chi connectivity index (χ4n) is 4.11. The molecule has 0 radical (unpaired) electrons. The zero-order valence-corrected chi connectivity index (χ0v) is 17.6. The zero-order valence-electron chi connectivity index (χ0n) is 17.6. The number of nitrogens with one attached hydrogen (secondary N) is 1. The van der Waals surface area contributed by atoms with Gasteiger partial charge in [0.05, 0.1) is 5.52 Å². The first kappa shape index (κ1) is 19.4. The number of benzene rings is 2. The predicted octanol–water partition coefficient (Wildman–Crippen LogP) is 4.91. The van der Waals surface area contributed by atoms with Crippen molar-refractivity contribution in [2.24, 2.45) is 0 Å². The van der Waals surface area contributed by atoms with Gasteiger partial charge in [-0.2, -0.15) is 0 Å². The Labute approximate surface area is 181 Å². The molecule has 0 bridgehead atoms. The summed E-state index contributed by atoms with van der Waals surface area (Å²) in [5.41, 5.74) is 3.75. The topological polar surface area (TPSA) is 63.7 Å². The van der Waals surface area contributed by atoms with Crippen LogP contribution in [0.4, 0.5) is 11.5 Å². The number of anilines is 2. The predicted molar refractivity (Wildman–Crippen MR) is 123 cm³/mol. The van der Waals surface area contributed by atoms with Crippen LogP contribution in [-0.4, -0.2) is 30.8 Å². The van der Waals surface area contributed by atoms with Gasteiger partial charge in [0, 0.05) is 30.2 Å². The summed E-state index contributed by atoms with van der Waals surface area (Å²) in [5, 5.41) is 4.00. The van der Waals surface area contributed by atoms with Crippen molar-refractivity contribution in [2.75, 3.05) is 30.1 Å². The molecular weight excluding hydrogens is 390 g/mol. The maximum Gasteiger partial charge on any atom is 0.248 e. The van der Waals surface area contributed by atoms with Crippen molar-refractivity contribution in [3.05, 3.63) is 59.7 Å². The third-order valence-corrected chi connectivity index (χ3v) is 5.77. The van der Waals surface area contributed by atoms with Crippen molar-refractivity contribution in [3.8, 4) is 11.5 Å². The lowest BCUT2D eigenvalue weighted by atomic mass is 10.1. The Morgan fingerprint density at radius 2 is 1.87 bits per heavy atom. The first-order valence-electron chi connectivity index (χ1n) is 10.7. The molecule has 1 fully saturated rings. The van der Waals surface area contributed by atoms with Gasteiger partial charge in [0.2, 0.25) is 12.7 Å². The van der Waals surface area contributed by atoms with E-state index in [0.717, 1.165) is 52.4 Å². The maximum absolute atomic E-state index is 12.4. The Hall–Kier alpha value is -3.54. The summed E-state index contributed by atoms with van der Waals surface area (Å²) < 4.78 is 10.7. The Kier molecular flexibility index (Phi) is 5.20. The van der Waals surface area contributed by atoms with Gasteiger partial charge in [-0.3, -0.25) is 4.79 Å². The molecule has 1 saturated heterocycles. The molecule has 0 saturated carbocycles. The SMILES string of the molecule is Cc1cc(N2CCCCC2)nc2ccc(NC(=O)C=Cc3ccc4c(c3)OCO4)cc12. The van der Waals surface area contributed by atoms with Crippen LogP contribution in [0.5, 0.6) is 11.5 Å². The lowest BCUT2D eigenvalue weighted by molar-refractivity contribution is -0.111. The summed E-state index contributed by atoms with van der Waals surface area (Å²) in [4.78, 5) is 19.7. The highest BCUT2D eigenvalue weighted by Gasteiger charge is 2.14. The summed E-state index contributed by atoms with van der Waals surface area (Å²) >= 11 is 0. The number of piperidine rings is 1. The Bertz CT molecular complexity index is 1170. The number of fused-ring (bicyclic) bond motifs is 2. The number of aromatic nitrogens is 1. The second-order valence-corrected chi connectivity index (χ2v) is 8.01. The molecule has 1 N–H and O–H groups in total. The van der Waals surface area contributed by atoms with E-state index >= 15 is 0 Å². The highest BCUT2D eigenvalue weighted by Crippen LogP contribution is 2.33. The minimum atomic E-state index is -0.187. The molecule has 2 aromatic carbocycles. The quantitative estimate of drug-likeness (QED) is 0.613. The van der Waals surface area contributed by atoms with Gasteiger partial charge < -0.3 is 19.7 Å². The maximum atomic E-state index is 12.4. The number of ether oxygens (including phenoxy) is 2. The van der Waals surface area contributed by atoms with Crippen LogP contribution in [0.25, 0.3) is 17.0 Å². The number of amides is 1. The van der Waals surface area contributed by atoms with Crippen molar-refractivity contribution in [1.29, 1.82) is 0 Å². The van der Waals surface area contributed by atoms with Gasteiger partial charge in [0.15, 0.2) is 11.5 Å². The average Bonchev–Trinajstić information content (AvgIpc) is 3.26. The van der Waals surface area contributed by atoms with Crippen molar-refractivity contribution >= 4 is 34.4 Å². The second kappa shape index (κ2) is 8.30. The van der Waals surface area contributed by atoms with E-state index in [0.29, 0.717) is 5.75 Å². The third kappa shape index (κ3) is 4.19. The van der Waals surface area contributed by atoms with Crippen molar-refractivity contribution < 1.29 is 14.3 Å². The van der Waals surface area contributed by atoms with E-state index < -0.39 is 0 Å². The number of carbonyl (C=O) groups is 1. The second-order valence-electron chi connectivity index (χ2n) is 8.01. The molecule has 3 heterocycles. The molecule has 0 atom stereocenters. The van der Waals surface area contributed by atoms with Gasteiger partial charge in [-0.15, -0.1) is 0 Å². The van der Waals surface area contributed by atoms with Crippen LogP contribution in [0.1, 0.15) is 30.4 Å². The first-order valence-corrected chi connectivity index (χ1v) is 10.7. The van der Waals surface area contributed by atoms with Crippen LogP contribution in [-0.2, 0) is 4.79 Å². The molecule has 2 aliphatic rings. The van der Waals surface area contributed by atoms with E-state index in [9.17, 15) is 4.79 Å². The van der Waals surface area contributed by atoms with Crippen molar-refractivity contribution in [2.45, 2.75) is 26.2 Å². The molecule has 3 aromatic rings. The molecule has 0 aliphatic carbocycles. The summed E-state index contributed by atoms with van der Waals surface area (Å²) in [5.74, 6) is 2.29. The number of hydrogen-bond acceptors (Lipinski definition) is 5. The largest absolute Gasteiger partial charge is 0.454 e. The molecule has 6 heteroatoms. The molecule has 0 spiro atoms. The van der Waals surface area contributed by atoms with Gasteiger partial charge in [-0.05, 0) is 79.8 Å². The summed E-state index contributed by atoms with van der Waals surface area (Å²) in [7, 11) is 0. The van der Waals surface area contributed by atoms with Crippen LogP contribution in [0.3, 0.4) is 0 Å². The number of aryl methyl sites for hydroxylation is 1. The minimum Gasteiger partial charge on any atom is -0.454 e. The molecule has 31 heavy (non-hydrogen) atoms. The van der Waals surface area contributed by atoms with Crippen molar-refractivity contribution in [3.63, 3.8) is 0 Å². The minimum absolute atomic E-state index is 0.187. The summed E-state index contributed by atoms with van der Waals surface area (Å²) in [6.07, 6.45) is 7.03. The Morgan fingerprint density at radius 1 is 1.03 bits per heavy atom. The number of carbonyl (C=O) groups excluding carboxylic acids is 1. The third-order valence-electron chi connectivity index (χ3n) is 5.77. The number of hydrogen-bond donors (Lipinski definition) is 1. The van der Waals surface area contributed by atoms with Gasteiger partial charge in [0.1, 0.15) is 5.82 Å². The zero-order chi connectivity index (χ0) is 21.2. The van der Waals surface area contributed by atoms with Crippen LogP contribution in [0.15, 0.2) is 48.5 Å². The highest BCUT2D eigenvalue weighted by atomic mass is 16.7. The van der Waals surface area contributed by atoms with Gasteiger partial charge in [-0.25, -0.2) is 4.98 Å². The lowest BCUT2D eigenvalue weighted by Gasteiger charge is -2.28. The van der Waals surface area contributed by atoms with E-state index in [4.69, 9.17) is 14.5 Å². The van der Waals surface area contributed by atoms with Crippen molar-refractivity contribution in [1.82, 2.24) is 4.98 Å². The van der Waals surface area contributed by atoms with Crippen LogP contribution >= 0.6 is 0 Å². The Balaban J connectivity index is 1.30. The lowest BCUT2D eigenvalue weighted by Crippen LogP contribution is -2.30. The molecule has 1 aromatic heterocycles. The smallest absolute Gasteiger partial charge is 0.248 e. The Morgan fingerprint density at radius 3 is 2.74 bits per heavy atom. The van der Waals surface area contributed by atoms with E-state index in [1.54, 1.807) is 6.08 Å². The van der Waals surface area contributed by atoms with Gasteiger partial charge in [-0.1, -0.05) is 6.07 Å². The molecule has 5 rings (SSSR count). The fourth-order valence-corrected chi connectivity index (χ4v) is 4.11. The highest BCUT2D eigenvalue weighted by molar-refractivity contribution is 6.03. The number of pyridine rings is 1. The molecule has 6 nitrogen and oxygen atoms in total. The number of rotatable bonds is 4. The van der Waals surface area contributed by atoms with E-state index in [1.165, 1.54) is 25.3 Å². The summed E-state index contributed by atoms with van der Waals surface area (Å²) in [6.45, 7) is 4.48. The van der Waals surface area contributed by atoms with E-state index in [2.05, 4.69) is 23.2 Å². The van der Waals surface area contributed by atoms with Gasteiger partial charge >= 0.3 is 0 Å². The monoisotopic (exact) mass is 415 g/mol. The van der Waals surface area contributed by atoms with Crippen LogP contribution in [0, 0.1) is 6.92 Å². The van der Waals surface area contributed by atoms with Crippen LogP contribution in [0.2, 0.25) is 0 Å². The normalized spacial score (nSPS) is 15.6. The van der Waals surface area contributed by atoms with E-state index in [-0.39, 0.29) is 12.7 Å². The van der Waals surface area contributed by atoms with Gasteiger partial charge in [0.25, 0.3) is 0 Å². The molecular formula is C25H25N3O3. The molecule has 1 amide bonds. The standard InChI is InChI=1S/C25H25N3O3/c1-17-13-24(28-11-3-2-4-12-28)27-21-8-7-19(15-20(17)21)26-25(29)10-6-18-5-9-22-23(14-18)31-16-30-22/h5-10,13-15H,2-4,11-12,16H2,1H3,(H,26,29). The molecule has 158 valence electrons. The molecule has 0 unspecified atom stereocenters. The summed E-state index contributed by atoms with van der Waals surface area (Å²) in [6, 6.07) is 13.6. The fraction of sp³-hybridized carbons (Fsp3) is 0.280. The number of nitrogens with zero attached hydrogens (tertiary/aromatic N) is 2. The molecule has 2 aliphatic heterocycles. The first-order chi connectivity index (χ1) is 15.2. The average molecular weight is 415 g/mol. The van der Waals surface area contributed by atoms with Crippen LogP contribution < -0.4 is 19.7 Å². The van der Waals surface area contributed by atoms with E-state index in [1.807, 2.05) is 36.4 Å².